The fourth-order valence-electron chi connectivity index (χ4n) is 1.38. The second kappa shape index (κ2) is 7.59. The van der Waals surface area contributed by atoms with Crippen molar-refractivity contribution in [1.29, 1.82) is 0 Å². The third-order valence-corrected chi connectivity index (χ3v) is 4.20. The topological polar surface area (TPSA) is 81.6 Å². The molecule has 0 spiro atoms. The average molecular weight is 365 g/mol. The Bertz CT molecular complexity index is 490. The Balaban J connectivity index is 2.77. The molecule has 5 nitrogen and oxygen atoms in total. The maximum absolute atomic E-state index is 10.5. The molecule has 0 aliphatic carbocycles. The Hall–Kier alpha value is -0.960. The molecule has 1 rings (SSSR count). The molecule has 1 unspecified atom stereocenters. The zero-order valence-corrected chi connectivity index (χ0v) is 13.1. The van der Waals surface area contributed by atoms with Crippen LogP contribution in [0.3, 0.4) is 0 Å². The van der Waals surface area contributed by atoms with Gasteiger partial charge in [0.25, 0.3) is 0 Å². The summed E-state index contributed by atoms with van der Waals surface area (Å²) in [4.78, 5) is 11.5. The number of hydrogen-bond donors (Lipinski definition) is 4. The van der Waals surface area contributed by atoms with E-state index in [2.05, 4.69) is 33.1 Å². The van der Waals surface area contributed by atoms with E-state index in [-0.39, 0.29) is 17.8 Å². The summed E-state index contributed by atoms with van der Waals surface area (Å²) < 4.78 is 0.936. The van der Waals surface area contributed by atoms with Crippen molar-refractivity contribution in [2.45, 2.75) is 12.5 Å². The van der Waals surface area contributed by atoms with E-state index in [4.69, 9.17) is 22.4 Å². The predicted octanol–water partition coefficient (Wildman–Crippen LogP) is 2.63. The van der Waals surface area contributed by atoms with E-state index in [0.717, 1.165) is 9.35 Å². The van der Waals surface area contributed by atoms with Gasteiger partial charge in [0.1, 0.15) is 0 Å². The molecular formula is C11H13BrN2O3S2. The van der Waals surface area contributed by atoms with Crippen molar-refractivity contribution in [2.24, 2.45) is 0 Å². The Labute approximate surface area is 128 Å². The van der Waals surface area contributed by atoms with Crippen LogP contribution in [0.4, 0.5) is 4.79 Å². The number of aliphatic hydroxyl groups is 1. The van der Waals surface area contributed by atoms with Gasteiger partial charge in [-0.15, -0.1) is 11.3 Å². The van der Waals surface area contributed by atoms with Crippen LogP contribution in [0, 0.1) is 0 Å². The minimum absolute atomic E-state index is 0.0211. The van der Waals surface area contributed by atoms with Gasteiger partial charge in [0, 0.05) is 14.7 Å². The first-order chi connectivity index (χ1) is 8.92. The zero-order chi connectivity index (χ0) is 14.4. The summed E-state index contributed by atoms with van der Waals surface area (Å²) in [5.74, 6) is 0. The Kier molecular flexibility index (Phi) is 6.43. The van der Waals surface area contributed by atoms with Gasteiger partial charge in [-0.25, -0.2) is 4.79 Å². The molecule has 1 amide bonds. The Morgan fingerprint density at radius 1 is 1.63 bits per heavy atom. The molecule has 19 heavy (non-hydrogen) atoms. The number of hydrogen-bond acceptors (Lipinski definition) is 4. The van der Waals surface area contributed by atoms with Gasteiger partial charge >= 0.3 is 6.09 Å². The molecule has 4 N–H and O–H groups in total. The van der Waals surface area contributed by atoms with Gasteiger partial charge in [0.2, 0.25) is 0 Å². The summed E-state index contributed by atoms with van der Waals surface area (Å²) in [6, 6.07) is 1.69. The van der Waals surface area contributed by atoms with Gasteiger partial charge in [-0.2, -0.15) is 0 Å². The van der Waals surface area contributed by atoms with Crippen LogP contribution in [0.5, 0.6) is 0 Å². The summed E-state index contributed by atoms with van der Waals surface area (Å²) in [6.45, 7) is 3.62. The summed E-state index contributed by atoms with van der Waals surface area (Å²) in [6.07, 6.45) is -0.755. The molecular weight excluding hydrogens is 352 g/mol. The standard InChI is InChI=1S/C11H13BrN2O3S2/c1-6(4-15)2-8(9-3-7(12)5-19-9)13-10(18)14-11(16)17/h3,5,8,15H,1-2,4H2,(H,16,17)(H2,13,14,18). The van der Waals surface area contributed by atoms with E-state index >= 15 is 0 Å². The summed E-state index contributed by atoms with van der Waals surface area (Å²) >= 11 is 9.76. The first-order valence-electron chi connectivity index (χ1n) is 5.24. The van der Waals surface area contributed by atoms with Crippen molar-refractivity contribution in [3.63, 3.8) is 0 Å². The number of aliphatic hydroxyl groups excluding tert-OH is 1. The van der Waals surface area contributed by atoms with E-state index in [1.807, 2.05) is 11.4 Å². The molecule has 1 aromatic heterocycles. The van der Waals surface area contributed by atoms with Gasteiger partial charge in [-0.1, -0.05) is 6.58 Å². The highest BCUT2D eigenvalue weighted by atomic mass is 79.9. The van der Waals surface area contributed by atoms with Crippen LogP contribution in [-0.2, 0) is 0 Å². The van der Waals surface area contributed by atoms with Gasteiger partial charge in [0.15, 0.2) is 5.11 Å². The van der Waals surface area contributed by atoms with Crippen LogP contribution < -0.4 is 10.6 Å². The molecule has 0 fully saturated rings. The maximum atomic E-state index is 10.5. The van der Waals surface area contributed by atoms with E-state index in [1.165, 1.54) is 11.3 Å². The van der Waals surface area contributed by atoms with E-state index in [9.17, 15) is 4.79 Å². The van der Waals surface area contributed by atoms with Crippen LogP contribution in [0.15, 0.2) is 28.1 Å². The number of nitrogens with one attached hydrogen (secondary N) is 2. The highest BCUT2D eigenvalue weighted by molar-refractivity contribution is 9.10. The Morgan fingerprint density at radius 2 is 2.32 bits per heavy atom. The molecule has 0 aliphatic heterocycles. The molecule has 1 aromatic rings. The van der Waals surface area contributed by atoms with Gasteiger partial charge in [-0.3, -0.25) is 5.32 Å². The minimum Gasteiger partial charge on any atom is -0.465 e. The largest absolute Gasteiger partial charge is 0.465 e. The molecule has 104 valence electrons. The molecule has 0 radical (unpaired) electrons. The van der Waals surface area contributed by atoms with Crippen LogP contribution in [0.25, 0.3) is 0 Å². The number of thiophene rings is 1. The number of rotatable bonds is 5. The SMILES string of the molecule is C=C(CO)CC(NC(=S)NC(=O)O)c1cc(Br)cs1. The fraction of sp³-hybridized carbons (Fsp3) is 0.273. The third-order valence-electron chi connectivity index (χ3n) is 2.17. The average Bonchev–Trinajstić information content (AvgIpc) is 2.73. The lowest BCUT2D eigenvalue weighted by Gasteiger charge is -2.19. The van der Waals surface area contributed by atoms with Crippen molar-refractivity contribution >= 4 is 50.7 Å². The number of halogens is 1. The van der Waals surface area contributed by atoms with Crippen LogP contribution in [0.1, 0.15) is 17.3 Å². The predicted molar refractivity (Wildman–Crippen MR) is 82.5 cm³/mol. The third kappa shape index (κ3) is 5.68. The summed E-state index contributed by atoms with van der Waals surface area (Å²) in [7, 11) is 0. The normalized spacial score (nSPS) is 11.7. The second-order valence-corrected chi connectivity index (χ2v) is 6.00. The summed E-state index contributed by atoms with van der Waals surface area (Å²) in [5, 5.41) is 24.6. The van der Waals surface area contributed by atoms with Gasteiger partial charge in [-0.05, 0) is 46.2 Å². The highest BCUT2D eigenvalue weighted by Crippen LogP contribution is 2.29. The van der Waals surface area contributed by atoms with Gasteiger partial charge in [0.05, 0.1) is 12.6 Å². The van der Waals surface area contributed by atoms with Crippen LogP contribution in [0.2, 0.25) is 0 Å². The van der Waals surface area contributed by atoms with Crippen molar-refractivity contribution in [3.05, 3.63) is 32.9 Å². The van der Waals surface area contributed by atoms with Gasteiger partial charge < -0.3 is 15.5 Å². The quantitative estimate of drug-likeness (QED) is 0.477. The number of thiocarbonyl (C=S) groups is 1. The van der Waals surface area contributed by atoms with E-state index in [1.54, 1.807) is 0 Å². The molecule has 8 heteroatoms. The molecule has 0 saturated heterocycles. The van der Waals surface area contributed by atoms with Crippen molar-refractivity contribution in [2.75, 3.05) is 6.61 Å². The number of carbonyl (C=O) groups is 1. The monoisotopic (exact) mass is 364 g/mol. The number of carboxylic acid groups (broad SMARTS) is 1. The highest BCUT2D eigenvalue weighted by Gasteiger charge is 2.16. The van der Waals surface area contributed by atoms with Crippen molar-refractivity contribution in [1.82, 2.24) is 10.6 Å². The first kappa shape index (κ1) is 16.1. The molecule has 1 atom stereocenters. The lowest BCUT2D eigenvalue weighted by atomic mass is 10.1. The molecule has 0 bridgehead atoms. The molecule has 0 aliphatic rings. The molecule has 0 aromatic carbocycles. The number of amides is 1. The molecule has 0 saturated carbocycles. The zero-order valence-electron chi connectivity index (χ0n) is 9.85. The van der Waals surface area contributed by atoms with Crippen molar-refractivity contribution in [3.8, 4) is 0 Å². The summed E-state index contributed by atoms with van der Waals surface area (Å²) in [5.41, 5.74) is 0.639. The smallest absolute Gasteiger partial charge is 0.410 e. The maximum Gasteiger partial charge on any atom is 0.410 e. The van der Waals surface area contributed by atoms with E-state index in [0.29, 0.717) is 12.0 Å². The fourth-order valence-corrected chi connectivity index (χ4v) is 3.10. The molecule has 1 heterocycles. The Morgan fingerprint density at radius 3 is 2.79 bits per heavy atom. The lowest BCUT2D eigenvalue weighted by molar-refractivity contribution is 0.200. The first-order valence-corrected chi connectivity index (χ1v) is 7.32. The van der Waals surface area contributed by atoms with Crippen LogP contribution >= 0.6 is 39.5 Å². The second-order valence-electron chi connectivity index (χ2n) is 3.74. The lowest BCUT2D eigenvalue weighted by Crippen LogP contribution is -2.40. The van der Waals surface area contributed by atoms with E-state index < -0.39 is 6.09 Å². The minimum atomic E-state index is -1.22. The van der Waals surface area contributed by atoms with Crippen molar-refractivity contribution < 1.29 is 15.0 Å². The van der Waals surface area contributed by atoms with Crippen LogP contribution in [-0.4, -0.2) is 28.0 Å².